The zero-order chi connectivity index (χ0) is 30.7. The van der Waals surface area contributed by atoms with Gasteiger partial charge in [0.15, 0.2) is 18.2 Å². The fourth-order valence-corrected chi connectivity index (χ4v) is 5.03. The third-order valence-electron chi connectivity index (χ3n) is 6.02. The average molecular weight is 674 g/mol. The summed E-state index contributed by atoms with van der Waals surface area (Å²) in [7, 11) is 0. The fourth-order valence-electron chi connectivity index (χ4n) is 4.04. The molecule has 0 saturated heterocycles. The molecule has 0 bridgehead atoms. The van der Waals surface area contributed by atoms with Crippen molar-refractivity contribution in [1.82, 2.24) is 9.66 Å². The van der Waals surface area contributed by atoms with Crippen molar-refractivity contribution in [2.75, 3.05) is 11.9 Å². The molecule has 0 atom stereocenters. The van der Waals surface area contributed by atoms with Gasteiger partial charge in [0.05, 0.1) is 32.2 Å². The highest BCUT2D eigenvalue weighted by molar-refractivity contribution is 9.10. The summed E-state index contributed by atoms with van der Waals surface area (Å²) >= 11 is 9.74. The van der Waals surface area contributed by atoms with Gasteiger partial charge in [-0.05, 0) is 82.2 Å². The topological polar surface area (TPSA) is 85.6 Å². The maximum atomic E-state index is 13.4. The summed E-state index contributed by atoms with van der Waals surface area (Å²) in [6.07, 6.45) is -3.31. The van der Waals surface area contributed by atoms with Crippen molar-refractivity contribution in [1.29, 1.82) is 0 Å². The van der Waals surface area contributed by atoms with E-state index in [2.05, 4.69) is 31.3 Å². The van der Waals surface area contributed by atoms with Crippen LogP contribution < -0.4 is 15.6 Å². The first kappa shape index (κ1) is 29.9. The number of benzene rings is 4. The van der Waals surface area contributed by atoms with Gasteiger partial charge in [-0.25, -0.2) is 9.37 Å². The molecule has 5 aromatic rings. The van der Waals surface area contributed by atoms with Gasteiger partial charge in [-0.1, -0.05) is 35.9 Å². The number of carbonyl (C=O) groups excluding carboxylic acids is 1. The number of hydrogen-bond donors (Lipinski definition) is 1. The van der Waals surface area contributed by atoms with Gasteiger partial charge < -0.3 is 10.1 Å². The number of halogens is 6. The van der Waals surface area contributed by atoms with E-state index in [0.29, 0.717) is 21.2 Å². The zero-order valence-electron chi connectivity index (χ0n) is 21.7. The number of aromatic nitrogens is 2. The van der Waals surface area contributed by atoms with Crippen molar-refractivity contribution in [3.05, 3.63) is 122 Å². The van der Waals surface area contributed by atoms with E-state index in [0.717, 1.165) is 16.8 Å². The lowest BCUT2D eigenvalue weighted by Crippen LogP contribution is -2.20. The lowest BCUT2D eigenvalue weighted by Gasteiger charge is -2.12. The normalized spacial score (nSPS) is 11.7. The number of nitrogens with one attached hydrogen (secondary N) is 1. The van der Waals surface area contributed by atoms with E-state index in [1.54, 1.807) is 30.3 Å². The predicted molar refractivity (Wildman–Crippen MR) is 159 cm³/mol. The van der Waals surface area contributed by atoms with Crippen LogP contribution in [-0.4, -0.2) is 28.4 Å². The number of ether oxygens (including phenoxy) is 1. The van der Waals surface area contributed by atoms with Gasteiger partial charge in [-0.15, -0.1) is 0 Å². The molecule has 0 spiro atoms. The number of fused-ring (bicyclic) bond motifs is 1. The highest BCUT2D eigenvalue weighted by atomic mass is 79.9. The van der Waals surface area contributed by atoms with E-state index in [1.807, 2.05) is 0 Å². The van der Waals surface area contributed by atoms with Gasteiger partial charge in [0.1, 0.15) is 5.82 Å². The van der Waals surface area contributed by atoms with Gasteiger partial charge in [0.25, 0.3) is 11.5 Å². The maximum absolute atomic E-state index is 13.4. The fraction of sp³-hybridized carbons (Fsp3) is 0.0667. The summed E-state index contributed by atoms with van der Waals surface area (Å²) in [4.78, 5) is 30.1. The Kier molecular flexibility index (Phi) is 8.60. The summed E-state index contributed by atoms with van der Waals surface area (Å²) in [5.74, 6) is -0.890. The molecule has 1 heterocycles. The van der Waals surface area contributed by atoms with E-state index in [9.17, 15) is 27.2 Å². The Balaban J connectivity index is 1.44. The Bertz CT molecular complexity index is 1910. The second kappa shape index (κ2) is 12.4. The van der Waals surface area contributed by atoms with Crippen molar-refractivity contribution < 1.29 is 27.1 Å². The lowest BCUT2D eigenvalue weighted by molar-refractivity contribution is -0.137. The third kappa shape index (κ3) is 6.92. The molecule has 1 N–H and O–H groups in total. The number of alkyl halides is 3. The van der Waals surface area contributed by atoms with E-state index in [4.69, 9.17) is 16.3 Å². The van der Waals surface area contributed by atoms with Crippen LogP contribution in [0, 0.1) is 5.82 Å². The number of para-hydroxylation sites is 1. The maximum Gasteiger partial charge on any atom is 0.416 e. The molecule has 1 aromatic heterocycles. The van der Waals surface area contributed by atoms with Crippen LogP contribution in [-0.2, 0) is 11.0 Å². The van der Waals surface area contributed by atoms with Crippen molar-refractivity contribution in [3.8, 4) is 17.1 Å². The van der Waals surface area contributed by atoms with E-state index in [-0.39, 0.29) is 27.5 Å². The predicted octanol–water partition coefficient (Wildman–Crippen LogP) is 7.54. The number of carbonyl (C=O) groups is 1. The molecule has 218 valence electrons. The largest absolute Gasteiger partial charge is 0.481 e. The molecular weight excluding hydrogens is 656 g/mol. The van der Waals surface area contributed by atoms with E-state index >= 15 is 0 Å². The molecule has 43 heavy (non-hydrogen) atoms. The molecule has 0 aliphatic heterocycles. The summed E-state index contributed by atoms with van der Waals surface area (Å²) in [6, 6.07) is 19.1. The van der Waals surface area contributed by atoms with Crippen molar-refractivity contribution >= 4 is 56.2 Å². The number of rotatable bonds is 7. The SMILES string of the molecule is O=C(COc1c(Cl)cc(C=Nn2c(-c3cccc(C(F)(F)F)c3)nc3ccccc3c2=O)cc1Br)Nc1ccc(F)cc1. The molecule has 7 nitrogen and oxygen atoms in total. The number of anilines is 1. The number of nitrogens with zero attached hydrogens (tertiary/aromatic N) is 3. The smallest absolute Gasteiger partial charge is 0.416 e. The molecule has 0 fully saturated rings. The summed E-state index contributed by atoms with van der Waals surface area (Å²) in [6.45, 7) is -0.401. The minimum absolute atomic E-state index is 0.0386. The van der Waals surface area contributed by atoms with Crippen LogP contribution in [0.5, 0.6) is 5.75 Å². The van der Waals surface area contributed by atoms with Gasteiger partial charge in [-0.2, -0.15) is 22.9 Å². The van der Waals surface area contributed by atoms with Crippen LogP contribution in [0.15, 0.2) is 99.3 Å². The number of amides is 1. The highest BCUT2D eigenvalue weighted by Gasteiger charge is 2.31. The van der Waals surface area contributed by atoms with E-state index in [1.165, 1.54) is 48.7 Å². The van der Waals surface area contributed by atoms with Gasteiger partial charge >= 0.3 is 6.18 Å². The van der Waals surface area contributed by atoms with Crippen LogP contribution in [0.2, 0.25) is 5.02 Å². The van der Waals surface area contributed by atoms with Crippen LogP contribution >= 0.6 is 27.5 Å². The molecule has 0 aliphatic carbocycles. The van der Waals surface area contributed by atoms with Crippen molar-refractivity contribution in [2.45, 2.75) is 6.18 Å². The van der Waals surface area contributed by atoms with Crippen LogP contribution in [0.25, 0.3) is 22.3 Å². The van der Waals surface area contributed by atoms with Gasteiger partial charge in [-0.3, -0.25) is 9.59 Å². The Labute approximate surface area is 254 Å². The quantitative estimate of drug-likeness (QED) is 0.143. The van der Waals surface area contributed by atoms with Crippen molar-refractivity contribution in [3.63, 3.8) is 0 Å². The average Bonchev–Trinajstić information content (AvgIpc) is 2.97. The second-order valence-corrected chi connectivity index (χ2v) is 10.3. The molecule has 0 radical (unpaired) electrons. The summed E-state index contributed by atoms with van der Waals surface area (Å²) in [5, 5.41) is 7.15. The first-order chi connectivity index (χ1) is 20.5. The molecule has 1 amide bonds. The second-order valence-electron chi connectivity index (χ2n) is 9.05. The number of hydrogen-bond acceptors (Lipinski definition) is 5. The zero-order valence-corrected chi connectivity index (χ0v) is 24.0. The molecule has 0 aliphatic rings. The Morgan fingerprint density at radius 3 is 2.51 bits per heavy atom. The molecule has 0 unspecified atom stereocenters. The Morgan fingerprint density at radius 2 is 1.79 bits per heavy atom. The van der Waals surface area contributed by atoms with Gasteiger partial charge in [0, 0.05) is 11.3 Å². The Hall–Kier alpha value is -4.55. The Morgan fingerprint density at radius 1 is 1.05 bits per heavy atom. The molecule has 0 saturated carbocycles. The standard InChI is InChI=1S/C30H18BrClF4N4O3/c31-23-12-17(13-24(32)27(23)43-16-26(41)38-21-10-8-20(33)9-11-21)15-37-40-28(18-4-3-5-19(14-18)30(34,35)36)39-25-7-2-1-6-22(25)29(40)42/h1-15H,16H2,(H,38,41). The van der Waals surface area contributed by atoms with Gasteiger partial charge in [0.2, 0.25) is 0 Å². The van der Waals surface area contributed by atoms with Crippen LogP contribution in [0.4, 0.5) is 23.2 Å². The minimum Gasteiger partial charge on any atom is -0.481 e. The summed E-state index contributed by atoms with van der Waals surface area (Å²) in [5.41, 5.74) is -0.379. The molecule has 4 aromatic carbocycles. The lowest BCUT2D eigenvalue weighted by atomic mass is 10.1. The monoisotopic (exact) mass is 672 g/mol. The van der Waals surface area contributed by atoms with Crippen LogP contribution in [0.1, 0.15) is 11.1 Å². The molecule has 5 rings (SSSR count). The third-order valence-corrected chi connectivity index (χ3v) is 6.89. The van der Waals surface area contributed by atoms with E-state index < -0.39 is 35.6 Å². The first-order valence-corrected chi connectivity index (χ1v) is 13.6. The van der Waals surface area contributed by atoms with Crippen LogP contribution in [0.3, 0.4) is 0 Å². The van der Waals surface area contributed by atoms with Crippen molar-refractivity contribution in [2.24, 2.45) is 5.10 Å². The first-order valence-electron chi connectivity index (χ1n) is 12.4. The minimum atomic E-state index is -4.60. The summed E-state index contributed by atoms with van der Waals surface area (Å²) < 4.78 is 60.2. The highest BCUT2D eigenvalue weighted by Crippen LogP contribution is 2.35. The molecular formula is C30H18BrClF4N4O3. The molecule has 13 heteroatoms.